The molecule has 7 heteroatoms. The Labute approximate surface area is 88.4 Å². The zero-order valence-electron chi connectivity index (χ0n) is 8.38. The number of methoxy groups -OCH3 is 1. The molecule has 1 saturated heterocycles. The van der Waals surface area contributed by atoms with Gasteiger partial charge in [0.15, 0.2) is 0 Å². The van der Waals surface area contributed by atoms with Crippen LogP contribution in [0.25, 0.3) is 0 Å². The quantitative estimate of drug-likeness (QED) is 0.616. The number of nitrogens with zero attached hydrogens (tertiary/aromatic N) is 1. The summed E-state index contributed by atoms with van der Waals surface area (Å²) in [5.41, 5.74) is 0. The SMILES string of the molecule is COC(=O)N1[C@@H]2CCCC[C@@H]2OS1(=O)=O. The van der Waals surface area contributed by atoms with Crippen molar-refractivity contribution in [1.82, 2.24) is 4.31 Å². The lowest BCUT2D eigenvalue weighted by Crippen LogP contribution is -2.42. The Bertz CT molecular complexity index is 365. The van der Waals surface area contributed by atoms with Crippen LogP contribution in [0.3, 0.4) is 0 Å². The van der Waals surface area contributed by atoms with Gasteiger partial charge in [-0.1, -0.05) is 12.8 Å². The lowest BCUT2D eigenvalue weighted by atomic mass is 9.93. The molecule has 2 rings (SSSR count). The Morgan fingerprint density at radius 3 is 2.73 bits per heavy atom. The number of amides is 1. The zero-order valence-corrected chi connectivity index (χ0v) is 9.20. The third-order valence-corrected chi connectivity index (χ3v) is 4.20. The van der Waals surface area contributed by atoms with Crippen LogP contribution in [0, 0.1) is 0 Å². The molecule has 0 bridgehead atoms. The molecule has 2 aliphatic rings. The van der Waals surface area contributed by atoms with E-state index in [0.29, 0.717) is 12.8 Å². The largest absolute Gasteiger partial charge is 0.452 e. The topological polar surface area (TPSA) is 72.9 Å². The van der Waals surface area contributed by atoms with Gasteiger partial charge in [0.25, 0.3) is 0 Å². The van der Waals surface area contributed by atoms with Crippen molar-refractivity contribution >= 4 is 16.4 Å². The van der Waals surface area contributed by atoms with Crippen LogP contribution in [0.4, 0.5) is 4.79 Å². The summed E-state index contributed by atoms with van der Waals surface area (Å²) in [6.45, 7) is 0. The van der Waals surface area contributed by atoms with Crippen molar-refractivity contribution in [2.45, 2.75) is 37.8 Å². The second kappa shape index (κ2) is 3.64. The van der Waals surface area contributed by atoms with Gasteiger partial charge in [-0.2, -0.15) is 12.7 Å². The highest BCUT2D eigenvalue weighted by Crippen LogP contribution is 2.35. The van der Waals surface area contributed by atoms with Crippen LogP contribution in [0.5, 0.6) is 0 Å². The minimum absolute atomic E-state index is 0.379. The van der Waals surface area contributed by atoms with Crippen molar-refractivity contribution in [2.24, 2.45) is 0 Å². The zero-order chi connectivity index (χ0) is 11.1. The molecular formula is C8H13NO5S. The fraction of sp³-hybridized carbons (Fsp3) is 0.875. The van der Waals surface area contributed by atoms with E-state index < -0.39 is 16.4 Å². The first-order valence-electron chi connectivity index (χ1n) is 4.87. The van der Waals surface area contributed by atoms with E-state index in [1.807, 2.05) is 0 Å². The lowest BCUT2D eigenvalue weighted by molar-refractivity contribution is 0.116. The smallest absolute Gasteiger partial charge is 0.425 e. The number of hydrogen-bond donors (Lipinski definition) is 0. The van der Waals surface area contributed by atoms with Gasteiger partial charge in [-0.3, -0.25) is 0 Å². The number of carbonyl (C=O) groups excluding carboxylic acids is 1. The van der Waals surface area contributed by atoms with Gasteiger partial charge in [0.2, 0.25) is 0 Å². The summed E-state index contributed by atoms with van der Waals surface area (Å²) in [5.74, 6) is 0. The molecule has 2 fully saturated rings. The molecule has 1 aliphatic heterocycles. The van der Waals surface area contributed by atoms with Crippen LogP contribution >= 0.6 is 0 Å². The van der Waals surface area contributed by atoms with E-state index in [2.05, 4.69) is 4.74 Å². The third-order valence-electron chi connectivity index (χ3n) is 2.81. The van der Waals surface area contributed by atoms with Crippen LogP contribution in [0.15, 0.2) is 0 Å². The van der Waals surface area contributed by atoms with Crippen LogP contribution in [-0.4, -0.2) is 38.1 Å². The molecule has 86 valence electrons. The van der Waals surface area contributed by atoms with E-state index in [0.717, 1.165) is 24.3 Å². The molecule has 1 aliphatic carbocycles. The Balaban J connectivity index is 2.29. The first-order chi connectivity index (χ1) is 7.06. The van der Waals surface area contributed by atoms with Crippen molar-refractivity contribution in [3.05, 3.63) is 0 Å². The molecule has 0 aromatic carbocycles. The molecular weight excluding hydrogens is 222 g/mol. The standard InChI is InChI=1S/C8H13NO5S/c1-13-8(10)9-6-4-2-3-5-7(6)14-15(9,11)12/h6-7H,2-5H2,1H3/t6-,7+/m1/s1. The lowest BCUT2D eigenvalue weighted by Gasteiger charge is -2.25. The van der Waals surface area contributed by atoms with Gasteiger partial charge >= 0.3 is 16.4 Å². The summed E-state index contributed by atoms with van der Waals surface area (Å²) in [4.78, 5) is 11.3. The minimum Gasteiger partial charge on any atom is -0.452 e. The van der Waals surface area contributed by atoms with Crippen molar-refractivity contribution in [3.63, 3.8) is 0 Å². The van der Waals surface area contributed by atoms with Gasteiger partial charge in [0, 0.05) is 0 Å². The van der Waals surface area contributed by atoms with Gasteiger partial charge in [-0.25, -0.2) is 8.98 Å². The molecule has 0 unspecified atom stereocenters. The first-order valence-corrected chi connectivity index (χ1v) is 6.23. The normalized spacial score (nSPS) is 33.5. The predicted molar refractivity (Wildman–Crippen MR) is 50.3 cm³/mol. The molecule has 1 heterocycles. The Hall–Kier alpha value is -0.820. The summed E-state index contributed by atoms with van der Waals surface area (Å²) >= 11 is 0. The molecule has 0 aromatic heterocycles. The van der Waals surface area contributed by atoms with E-state index in [-0.39, 0.29) is 12.1 Å². The summed E-state index contributed by atoms with van der Waals surface area (Å²) in [5, 5.41) is 0. The first kappa shape index (κ1) is 10.7. The number of ether oxygens (including phenoxy) is 1. The van der Waals surface area contributed by atoms with E-state index in [4.69, 9.17) is 4.18 Å². The van der Waals surface area contributed by atoms with Crippen LogP contribution in [0.2, 0.25) is 0 Å². The molecule has 1 amide bonds. The number of carbonyl (C=O) groups is 1. The number of fused-ring (bicyclic) bond motifs is 1. The monoisotopic (exact) mass is 235 g/mol. The molecule has 0 aromatic rings. The molecule has 0 spiro atoms. The van der Waals surface area contributed by atoms with Crippen molar-refractivity contribution in [3.8, 4) is 0 Å². The maximum Gasteiger partial charge on any atom is 0.425 e. The minimum atomic E-state index is -3.92. The van der Waals surface area contributed by atoms with Crippen LogP contribution in [0.1, 0.15) is 25.7 Å². The second-order valence-corrected chi connectivity index (χ2v) is 5.15. The van der Waals surface area contributed by atoms with Gasteiger partial charge in [-0.15, -0.1) is 0 Å². The average Bonchev–Trinajstić information content (AvgIpc) is 2.46. The highest BCUT2D eigenvalue weighted by molar-refractivity contribution is 7.85. The third kappa shape index (κ3) is 1.69. The Kier molecular flexibility index (Phi) is 2.59. The van der Waals surface area contributed by atoms with Gasteiger partial charge in [-0.05, 0) is 12.8 Å². The number of rotatable bonds is 0. The number of hydrogen-bond acceptors (Lipinski definition) is 5. The summed E-state index contributed by atoms with van der Waals surface area (Å²) < 4.78 is 33.1. The van der Waals surface area contributed by atoms with Crippen molar-refractivity contribution in [1.29, 1.82) is 0 Å². The van der Waals surface area contributed by atoms with Gasteiger partial charge < -0.3 is 4.74 Å². The van der Waals surface area contributed by atoms with E-state index in [1.165, 1.54) is 0 Å². The van der Waals surface area contributed by atoms with Gasteiger partial charge in [0.05, 0.1) is 13.2 Å². The second-order valence-electron chi connectivity index (χ2n) is 3.71. The van der Waals surface area contributed by atoms with E-state index in [9.17, 15) is 13.2 Å². The maximum atomic E-state index is 11.5. The highest BCUT2D eigenvalue weighted by Gasteiger charge is 2.50. The van der Waals surface area contributed by atoms with Crippen LogP contribution in [-0.2, 0) is 19.2 Å². The maximum absolute atomic E-state index is 11.5. The fourth-order valence-corrected chi connectivity index (χ4v) is 3.60. The van der Waals surface area contributed by atoms with Gasteiger partial charge in [0.1, 0.15) is 6.10 Å². The fourth-order valence-electron chi connectivity index (χ4n) is 2.14. The molecule has 2 atom stereocenters. The summed E-state index contributed by atoms with van der Waals surface area (Å²) in [6.07, 6.45) is 1.93. The highest BCUT2D eigenvalue weighted by atomic mass is 32.2. The Morgan fingerprint density at radius 1 is 1.40 bits per heavy atom. The summed E-state index contributed by atoms with van der Waals surface area (Å²) in [7, 11) is -2.76. The molecule has 6 nitrogen and oxygen atoms in total. The molecule has 1 saturated carbocycles. The predicted octanol–water partition coefficient (Wildman–Crippen LogP) is 0.641. The van der Waals surface area contributed by atoms with Crippen molar-refractivity contribution in [2.75, 3.05) is 7.11 Å². The summed E-state index contributed by atoms with van der Waals surface area (Å²) in [6, 6.07) is -0.379. The van der Waals surface area contributed by atoms with E-state index >= 15 is 0 Å². The molecule has 0 N–H and O–H groups in total. The van der Waals surface area contributed by atoms with Crippen LogP contribution < -0.4 is 0 Å². The molecule has 15 heavy (non-hydrogen) atoms. The molecule has 0 radical (unpaired) electrons. The van der Waals surface area contributed by atoms with E-state index in [1.54, 1.807) is 0 Å². The van der Waals surface area contributed by atoms with Crippen molar-refractivity contribution < 1.29 is 22.1 Å². The average molecular weight is 235 g/mol. The Morgan fingerprint density at radius 2 is 2.07 bits per heavy atom.